The van der Waals surface area contributed by atoms with Crippen LogP contribution in [-0.4, -0.2) is 0 Å². The van der Waals surface area contributed by atoms with Crippen molar-refractivity contribution in [3.05, 3.63) is 69.2 Å². The van der Waals surface area contributed by atoms with Gasteiger partial charge in [0.2, 0.25) is 0 Å². The lowest BCUT2D eigenvalue weighted by atomic mass is 9.95. The molecule has 0 radical (unpaired) electrons. The largest absolute Gasteiger partial charge is 0.320 e. The molecule has 2 aromatic carbocycles. The Bertz CT molecular complexity index is 558. The van der Waals surface area contributed by atoms with Gasteiger partial charge in [0.25, 0.3) is 0 Å². The number of nitrogens with two attached hydrogens (primary N) is 1. The molecule has 100 valence electrons. The second kappa shape index (κ2) is 5.89. The summed E-state index contributed by atoms with van der Waals surface area (Å²) < 4.78 is 1.07. The van der Waals surface area contributed by atoms with E-state index in [9.17, 15) is 0 Å². The van der Waals surface area contributed by atoms with Gasteiger partial charge in [0.15, 0.2) is 0 Å². The van der Waals surface area contributed by atoms with Gasteiger partial charge in [-0.25, -0.2) is 0 Å². The maximum atomic E-state index is 6.38. The van der Waals surface area contributed by atoms with Gasteiger partial charge in [-0.1, -0.05) is 71.7 Å². The van der Waals surface area contributed by atoms with Crippen molar-refractivity contribution in [3.63, 3.8) is 0 Å². The van der Waals surface area contributed by atoms with Gasteiger partial charge in [0.1, 0.15) is 0 Å². The fourth-order valence-electron chi connectivity index (χ4n) is 2.17. The van der Waals surface area contributed by atoms with Crippen LogP contribution in [-0.2, 0) is 0 Å². The molecule has 0 bridgehead atoms. The van der Waals surface area contributed by atoms with Crippen LogP contribution in [0.25, 0.3) is 0 Å². The van der Waals surface area contributed by atoms with E-state index in [1.807, 2.05) is 0 Å². The summed E-state index contributed by atoms with van der Waals surface area (Å²) >= 11 is 3.59. The van der Waals surface area contributed by atoms with E-state index < -0.39 is 0 Å². The van der Waals surface area contributed by atoms with Crippen LogP contribution in [0.1, 0.15) is 48.1 Å². The quantitative estimate of drug-likeness (QED) is 0.853. The van der Waals surface area contributed by atoms with E-state index in [0.717, 1.165) is 15.6 Å². The van der Waals surface area contributed by atoms with Crippen LogP contribution in [0.2, 0.25) is 0 Å². The molecular formula is C17H20BrN. The Hall–Kier alpha value is -1.12. The predicted molar refractivity (Wildman–Crippen MR) is 85.4 cm³/mol. The van der Waals surface area contributed by atoms with Crippen molar-refractivity contribution >= 4 is 15.9 Å². The standard InChI is InChI=1S/C17H20BrN/c1-11(2)13-5-7-14(8-6-13)17(19)15-10-12(3)4-9-16(15)18/h4-11,17H,19H2,1-3H3. The molecule has 0 fully saturated rings. The van der Waals surface area contributed by atoms with Crippen LogP contribution in [0.4, 0.5) is 0 Å². The second-order valence-corrected chi connectivity index (χ2v) is 6.18. The lowest BCUT2D eigenvalue weighted by Crippen LogP contribution is -2.12. The van der Waals surface area contributed by atoms with Crippen molar-refractivity contribution in [2.24, 2.45) is 5.73 Å². The summed E-state index contributed by atoms with van der Waals surface area (Å²) in [4.78, 5) is 0. The number of hydrogen-bond donors (Lipinski definition) is 1. The highest BCUT2D eigenvalue weighted by molar-refractivity contribution is 9.10. The van der Waals surface area contributed by atoms with Crippen molar-refractivity contribution in [1.29, 1.82) is 0 Å². The molecule has 1 nitrogen and oxygen atoms in total. The Labute approximate surface area is 124 Å². The number of aryl methyl sites for hydroxylation is 1. The van der Waals surface area contributed by atoms with Crippen LogP contribution in [0.5, 0.6) is 0 Å². The Morgan fingerprint density at radius 1 is 0.947 bits per heavy atom. The van der Waals surface area contributed by atoms with E-state index in [4.69, 9.17) is 5.73 Å². The Morgan fingerprint density at radius 2 is 1.53 bits per heavy atom. The minimum absolute atomic E-state index is 0.0875. The van der Waals surface area contributed by atoms with Gasteiger partial charge in [0, 0.05) is 4.47 Å². The first-order chi connectivity index (χ1) is 8.99. The van der Waals surface area contributed by atoms with Crippen LogP contribution >= 0.6 is 15.9 Å². The Kier molecular flexibility index (Phi) is 4.43. The average molecular weight is 318 g/mol. The molecule has 1 unspecified atom stereocenters. The van der Waals surface area contributed by atoms with Gasteiger partial charge >= 0.3 is 0 Å². The zero-order valence-electron chi connectivity index (χ0n) is 11.7. The highest BCUT2D eigenvalue weighted by atomic mass is 79.9. The first kappa shape index (κ1) is 14.3. The van der Waals surface area contributed by atoms with Crippen molar-refractivity contribution in [1.82, 2.24) is 0 Å². The van der Waals surface area contributed by atoms with Crippen LogP contribution in [0.3, 0.4) is 0 Å². The first-order valence-corrected chi connectivity index (χ1v) is 7.40. The van der Waals surface area contributed by atoms with E-state index >= 15 is 0 Å². The summed E-state index contributed by atoms with van der Waals surface area (Å²) in [5, 5.41) is 0. The smallest absolute Gasteiger partial charge is 0.0562 e. The van der Waals surface area contributed by atoms with Gasteiger partial charge in [-0.15, -0.1) is 0 Å². The van der Waals surface area contributed by atoms with Crippen molar-refractivity contribution in [2.75, 3.05) is 0 Å². The Morgan fingerprint density at radius 3 is 2.11 bits per heavy atom. The summed E-state index contributed by atoms with van der Waals surface area (Å²) in [5.74, 6) is 0.552. The molecule has 2 rings (SSSR count). The highest BCUT2D eigenvalue weighted by Crippen LogP contribution is 2.28. The second-order valence-electron chi connectivity index (χ2n) is 5.32. The highest BCUT2D eigenvalue weighted by Gasteiger charge is 2.12. The van der Waals surface area contributed by atoms with E-state index in [-0.39, 0.29) is 6.04 Å². The zero-order chi connectivity index (χ0) is 14.0. The number of benzene rings is 2. The topological polar surface area (TPSA) is 26.0 Å². The van der Waals surface area contributed by atoms with Crippen LogP contribution < -0.4 is 5.73 Å². The number of hydrogen-bond acceptors (Lipinski definition) is 1. The maximum Gasteiger partial charge on any atom is 0.0562 e. The molecule has 0 spiro atoms. The molecule has 2 N–H and O–H groups in total. The molecular weight excluding hydrogens is 298 g/mol. The van der Waals surface area contributed by atoms with Crippen molar-refractivity contribution < 1.29 is 0 Å². The van der Waals surface area contributed by atoms with Crippen LogP contribution in [0, 0.1) is 6.92 Å². The minimum atomic E-state index is -0.0875. The monoisotopic (exact) mass is 317 g/mol. The molecule has 1 atom stereocenters. The fraction of sp³-hybridized carbons (Fsp3) is 0.294. The zero-order valence-corrected chi connectivity index (χ0v) is 13.2. The average Bonchev–Trinajstić information content (AvgIpc) is 2.41. The van der Waals surface area contributed by atoms with Gasteiger partial charge in [-0.05, 0) is 35.6 Å². The molecule has 19 heavy (non-hydrogen) atoms. The molecule has 2 aromatic rings. The minimum Gasteiger partial charge on any atom is -0.320 e. The lowest BCUT2D eigenvalue weighted by Gasteiger charge is -2.16. The molecule has 0 aromatic heterocycles. The molecule has 0 saturated carbocycles. The summed E-state index contributed by atoms with van der Waals surface area (Å²) in [6.07, 6.45) is 0. The Balaban J connectivity index is 2.33. The molecule has 0 saturated heterocycles. The SMILES string of the molecule is Cc1ccc(Br)c(C(N)c2ccc(C(C)C)cc2)c1. The number of halogens is 1. The van der Waals surface area contributed by atoms with Gasteiger partial charge in [-0.2, -0.15) is 0 Å². The van der Waals surface area contributed by atoms with E-state index in [1.54, 1.807) is 0 Å². The third-order valence-corrected chi connectivity index (χ3v) is 4.17. The van der Waals surface area contributed by atoms with Gasteiger partial charge in [0.05, 0.1) is 6.04 Å². The summed E-state index contributed by atoms with van der Waals surface area (Å²) in [6, 6.07) is 14.8. The molecule has 0 heterocycles. The summed E-state index contributed by atoms with van der Waals surface area (Å²) in [5.41, 5.74) is 11.2. The molecule has 2 heteroatoms. The molecule has 0 aliphatic rings. The summed E-state index contributed by atoms with van der Waals surface area (Å²) in [6.45, 7) is 6.49. The van der Waals surface area contributed by atoms with E-state index in [2.05, 4.69) is 79.2 Å². The number of rotatable bonds is 3. The fourth-order valence-corrected chi connectivity index (χ4v) is 2.66. The van der Waals surface area contributed by atoms with Crippen molar-refractivity contribution in [3.8, 4) is 0 Å². The van der Waals surface area contributed by atoms with E-state index in [1.165, 1.54) is 11.1 Å². The van der Waals surface area contributed by atoms with Gasteiger partial charge < -0.3 is 5.73 Å². The first-order valence-electron chi connectivity index (χ1n) is 6.60. The molecule has 0 aliphatic carbocycles. The molecule has 0 aliphatic heterocycles. The maximum absolute atomic E-state index is 6.38. The molecule has 0 amide bonds. The van der Waals surface area contributed by atoms with Gasteiger partial charge in [-0.3, -0.25) is 0 Å². The third kappa shape index (κ3) is 3.26. The normalized spacial score (nSPS) is 12.7. The lowest BCUT2D eigenvalue weighted by molar-refractivity contribution is 0.844. The summed E-state index contributed by atoms with van der Waals surface area (Å²) in [7, 11) is 0. The predicted octanol–water partition coefficient (Wildman–Crippen LogP) is 4.93. The third-order valence-electron chi connectivity index (χ3n) is 3.45. The van der Waals surface area contributed by atoms with Crippen LogP contribution in [0.15, 0.2) is 46.9 Å². The van der Waals surface area contributed by atoms with E-state index in [0.29, 0.717) is 5.92 Å². The van der Waals surface area contributed by atoms with Crippen molar-refractivity contribution in [2.45, 2.75) is 32.7 Å².